The Hall–Kier alpha value is -3.13. The van der Waals surface area contributed by atoms with Crippen LogP contribution in [0.15, 0.2) is 48.5 Å². The molecule has 0 aromatic heterocycles. The molecule has 2 aromatic carbocycles. The number of carbonyl (C=O) groups is 1. The summed E-state index contributed by atoms with van der Waals surface area (Å²) < 4.78 is 11.0. The Morgan fingerprint density at radius 3 is 2.48 bits per heavy atom. The summed E-state index contributed by atoms with van der Waals surface area (Å²) in [5.74, 6) is 7.18. The number of para-hydroxylation sites is 3. The van der Waals surface area contributed by atoms with E-state index in [4.69, 9.17) is 9.47 Å². The molecule has 2 N–H and O–H groups in total. The molecule has 2 aromatic rings. The van der Waals surface area contributed by atoms with Crippen molar-refractivity contribution in [3.8, 4) is 23.3 Å². The Morgan fingerprint density at radius 1 is 1.00 bits per heavy atom. The molecule has 2 amide bonds. The van der Waals surface area contributed by atoms with Gasteiger partial charge in [0.15, 0.2) is 0 Å². The van der Waals surface area contributed by atoms with Crippen molar-refractivity contribution in [2.45, 2.75) is 13.8 Å². The molecule has 2 rings (SSSR count). The normalized spacial score (nSPS) is 9.52. The Kier molecular flexibility index (Phi) is 7.20. The van der Waals surface area contributed by atoms with Crippen molar-refractivity contribution >= 4 is 11.7 Å². The number of amides is 2. The van der Waals surface area contributed by atoms with E-state index in [1.165, 1.54) is 0 Å². The van der Waals surface area contributed by atoms with Crippen LogP contribution in [0.3, 0.4) is 0 Å². The quantitative estimate of drug-likeness (QED) is 0.791. The number of benzene rings is 2. The average molecular weight is 338 g/mol. The Bertz CT molecular complexity index is 763. The molecule has 0 aliphatic heterocycles. The van der Waals surface area contributed by atoms with E-state index >= 15 is 0 Å². The van der Waals surface area contributed by atoms with E-state index in [9.17, 15) is 4.79 Å². The second-order valence-corrected chi connectivity index (χ2v) is 5.14. The van der Waals surface area contributed by atoms with Gasteiger partial charge in [0, 0.05) is 0 Å². The second kappa shape index (κ2) is 9.89. The van der Waals surface area contributed by atoms with Crippen LogP contribution in [0.2, 0.25) is 0 Å². The lowest BCUT2D eigenvalue weighted by Gasteiger charge is -2.11. The van der Waals surface area contributed by atoms with Crippen LogP contribution in [0.1, 0.15) is 12.5 Å². The summed E-state index contributed by atoms with van der Waals surface area (Å²) in [7, 11) is 0. The third-order valence-corrected chi connectivity index (χ3v) is 3.29. The van der Waals surface area contributed by atoms with Crippen molar-refractivity contribution in [3.05, 3.63) is 54.1 Å². The SMILES string of the molecule is CCOc1ccccc1NC(=O)NCC#CCOc1ccccc1C. The van der Waals surface area contributed by atoms with Crippen molar-refractivity contribution in [2.75, 3.05) is 25.1 Å². The van der Waals surface area contributed by atoms with Crippen molar-refractivity contribution in [2.24, 2.45) is 0 Å². The van der Waals surface area contributed by atoms with Crippen LogP contribution in [0.5, 0.6) is 11.5 Å². The molecule has 130 valence electrons. The monoisotopic (exact) mass is 338 g/mol. The zero-order valence-corrected chi connectivity index (χ0v) is 14.5. The number of nitrogens with one attached hydrogen (secondary N) is 2. The number of anilines is 1. The van der Waals surface area contributed by atoms with E-state index in [0.717, 1.165) is 11.3 Å². The van der Waals surface area contributed by atoms with E-state index in [0.29, 0.717) is 18.0 Å². The van der Waals surface area contributed by atoms with Gasteiger partial charge in [-0.1, -0.05) is 42.2 Å². The van der Waals surface area contributed by atoms with Crippen LogP contribution < -0.4 is 20.1 Å². The molecule has 0 unspecified atom stereocenters. The van der Waals surface area contributed by atoms with Gasteiger partial charge in [-0.15, -0.1) is 0 Å². The van der Waals surface area contributed by atoms with Crippen LogP contribution >= 0.6 is 0 Å². The zero-order valence-electron chi connectivity index (χ0n) is 14.5. The smallest absolute Gasteiger partial charge is 0.320 e. The lowest BCUT2D eigenvalue weighted by atomic mass is 10.2. The molecule has 0 spiro atoms. The van der Waals surface area contributed by atoms with Crippen molar-refractivity contribution in [3.63, 3.8) is 0 Å². The fourth-order valence-corrected chi connectivity index (χ4v) is 2.09. The molecule has 0 saturated heterocycles. The number of urea groups is 1. The van der Waals surface area contributed by atoms with Crippen LogP contribution in [0.4, 0.5) is 10.5 Å². The van der Waals surface area contributed by atoms with E-state index in [1.54, 1.807) is 6.07 Å². The predicted octanol–water partition coefficient (Wildman–Crippen LogP) is 3.60. The molecule has 0 atom stereocenters. The Morgan fingerprint density at radius 2 is 1.72 bits per heavy atom. The summed E-state index contributed by atoms with van der Waals surface area (Å²) in [6.45, 7) is 4.92. The van der Waals surface area contributed by atoms with E-state index in [2.05, 4.69) is 22.5 Å². The molecule has 0 aliphatic rings. The van der Waals surface area contributed by atoms with E-state index < -0.39 is 0 Å². The second-order valence-electron chi connectivity index (χ2n) is 5.14. The highest BCUT2D eigenvalue weighted by atomic mass is 16.5. The molecule has 0 heterocycles. The maximum atomic E-state index is 11.9. The first-order valence-electron chi connectivity index (χ1n) is 8.11. The fraction of sp³-hybridized carbons (Fsp3) is 0.250. The minimum Gasteiger partial charge on any atom is -0.492 e. The highest BCUT2D eigenvalue weighted by Crippen LogP contribution is 2.23. The number of aryl methyl sites for hydroxylation is 1. The number of ether oxygens (including phenoxy) is 2. The average Bonchev–Trinajstić information content (AvgIpc) is 2.61. The molecule has 0 bridgehead atoms. The van der Waals surface area contributed by atoms with Crippen LogP contribution in [-0.2, 0) is 0 Å². The Labute approximate surface area is 148 Å². The van der Waals surface area contributed by atoms with Gasteiger partial charge in [-0.2, -0.15) is 0 Å². The number of hydrogen-bond acceptors (Lipinski definition) is 3. The summed E-state index contributed by atoms with van der Waals surface area (Å²) in [5, 5.41) is 5.42. The molecule has 0 aliphatic carbocycles. The number of carbonyl (C=O) groups excluding carboxylic acids is 1. The fourth-order valence-electron chi connectivity index (χ4n) is 2.09. The molecule has 0 radical (unpaired) electrons. The highest BCUT2D eigenvalue weighted by Gasteiger charge is 2.05. The van der Waals surface area contributed by atoms with Gasteiger partial charge in [0.05, 0.1) is 18.8 Å². The minimum absolute atomic E-state index is 0.236. The van der Waals surface area contributed by atoms with Crippen LogP contribution in [-0.4, -0.2) is 25.8 Å². The molecule has 0 saturated carbocycles. The van der Waals surface area contributed by atoms with Gasteiger partial charge >= 0.3 is 6.03 Å². The molecule has 5 heteroatoms. The predicted molar refractivity (Wildman–Crippen MR) is 99.1 cm³/mol. The molecule has 5 nitrogen and oxygen atoms in total. The van der Waals surface area contributed by atoms with Crippen molar-refractivity contribution in [1.29, 1.82) is 0 Å². The van der Waals surface area contributed by atoms with Crippen molar-refractivity contribution in [1.82, 2.24) is 5.32 Å². The standard InChI is InChI=1S/C20H22N2O3/c1-3-24-19-13-7-5-11-17(19)22-20(23)21-14-8-9-15-25-18-12-6-4-10-16(18)2/h4-7,10-13H,3,14-15H2,1-2H3,(H2,21,22,23). The third kappa shape index (κ3) is 6.11. The highest BCUT2D eigenvalue weighted by molar-refractivity contribution is 5.91. The topological polar surface area (TPSA) is 59.6 Å². The zero-order chi connectivity index (χ0) is 17.9. The van der Waals surface area contributed by atoms with Gasteiger partial charge in [0.2, 0.25) is 0 Å². The third-order valence-electron chi connectivity index (χ3n) is 3.29. The summed E-state index contributed by atoms with van der Waals surface area (Å²) in [6, 6.07) is 14.7. The van der Waals surface area contributed by atoms with Crippen molar-refractivity contribution < 1.29 is 14.3 Å². The maximum absolute atomic E-state index is 11.9. The molecular weight excluding hydrogens is 316 g/mol. The summed E-state index contributed by atoms with van der Waals surface area (Å²) in [4.78, 5) is 11.9. The largest absolute Gasteiger partial charge is 0.492 e. The van der Waals surface area contributed by atoms with Gasteiger partial charge in [0.25, 0.3) is 0 Å². The van der Waals surface area contributed by atoms with E-state index in [-0.39, 0.29) is 19.2 Å². The van der Waals surface area contributed by atoms with E-state index in [1.807, 2.05) is 56.3 Å². The first kappa shape index (κ1) is 18.2. The van der Waals surface area contributed by atoms with Gasteiger partial charge in [-0.3, -0.25) is 0 Å². The maximum Gasteiger partial charge on any atom is 0.320 e. The van der Waals surface area contributed by atoms with Gasteiger partial charge in [0.1, 0.15) is 18.1 Å². The van der Waals surface area contributed by atoms with Crippen LogP contribution in [0, 0.1) is 18.8 Å². The lowest BCUT2D eigenvalue weighted by molar-refractivity contribution is 0.253. The lowest BCUT2D eigenvalue weighted by Crippen LogP contribution is -2.29. The molecule has 0 fully saturated rings. The number of rotatable bonds is 6. The summed E-state index contributed by atoms with van der Waals surface area (Å²) in [6.07, 6.45) is 0. The van der Waals surface area contributed by atoms with Gasteiger partial charge < -0.3 is 20.1 Å². The first-order valence-corrected chi connectivity index (χ1v) is 8.11. The van der Waals surface area contributed by atoms with Gasteiger partial charge in [-0.25, -0.2) is 4.79 Å². The minimum atomic E-state index is -0.332. The first-order chi connectivity index (χ1) is 12.2. The molecular formula is C20H22N2O3. The number of hydrogen-bond donors (Lipinski definition) is 2. The van der Waals surface area contributed by atoms with Crippen LogP contribution in [0.25, 0.3) is 0 Å². The Balaban J connectivity index is 1.73. The summed E-state index contributed by atoms with van der Waals surface area (Å²) >= 11 is 0. The van der Waals surface area contributed by atoms with Gasteiger partial charge in [-0.05, 0) is 37.6 Å². The molecule has 25 heavy (non-hydrogen) atoms. The summed E-state index contributed by atoms with van der Waals surface area (Å²) in [5.41, 5.74) is 1.69.